The number of carbonyl (C=O) groups excluding carboxylic acids is 1. The van der Waals surface area contributed by atoms with Gasteiger partial charge in [0, 0.05) is 13.1 Å². The van der Waals surface area contributed by atoms with Crippen molar-refractivity contribution in [2.75, 3.05) is 47.9 Å². The molecule has 134 valence electrons. The summed E-state index contributed by atoms with van der Waals surface area (Å²) in [6, 6.07) is 5.46. The van der Waals surface area contributed by atoms with E-state index < -0.39 is 0 Å². The van der Waals surface area contributed by atoms with Gasteiger partial charge in [0.25, 0.3) is 5.91 Å². The molecule has 2 rings (SSSR count). The summed E-state index contributed by atoms with van der Waals surface area (Å²) < 4.78 is 10.7. The molecule has 0 saturated carbocycles. The Morgan fingerprint density at radius 1 is 1.21 bits per heavy atom. The molecule has 5 nitrogen and oxygen atoms in total. The molecular weight excluding hydrogens is 304 g/mol. The average Bonchev–Trinajstić information content (AvgIpc) is 2.60. The van der Waals surface area contributed by atoms with Crippen molar-refractivity contribution in [3.63, 3.8) is 0 Å². The van der Waals surface area contributed by atoms with E-state index in [2.05, 4.69) is 19.0 Å². The minimum absolute atomic E-state index is 0.0393. The van der Waals surface area contributed by atoms with Crippen LogP contribution in [0.25, 0.3) is 0 Å². The maximum atomic E-state index is 12.8. The normalized spacial score (nSPS) is 15.6. The number of likely N-dealkylation sites (tertiary alicyclic amines) is 1. The highest BCUT2D eigenvalue weighted by Crippen LogP contribution is 2.32. The lowest BCUT2D eigenvalue weighted by Gasteiger charge is -2.32. The second-order valence-corrected chi connectivity index (χ2v) is 6.72. The molecule has 0 radical (unpaired) electrons. The number of nitrogens with zero attached hydrogens (tertiary/aromatic N) is 2. The van der Waals surface area contributed by atoms with Crippen LogP contribution >= 0.6 is 0 Å². The van der Waals surface area contributed by atoms with Crippen LogP contribution < -0.4 is 9.47 Å². The van der Waals surface area contributed by atoms with E-state index in [1.807, 2.05) is 23.1 Å². The van der Waals surface area contributed by atoms with Crippen LogP contribution in [0.15, 0.2) is 18.2 Å². The molecule has 1 amide bonds. The molecule has 5 heteroatoms. The Hall–Kier alpha value is -1.75. The lowest BCUT2D eigenvalue weighted by atomic mass is 9.91. The zero-order valence-corrected chi connectivity index (χ0v) is 15.4. The van der Waals surface area contributed by atoms with E-state index in [9.17, 15) is 4.79 Å². The van der Waals surface area contributed by atoms with Gasteiger partial charge < -0.3 is 19.3 Å². The first-order chi connectivity index (χ1) is 11.6. The van der Waals surface area contributed by atoms with E-state index in [4.69, 9.17) is 9.47 Å². The maximum absolute atomic E-state index is 12.8. The van der Waals surface area contributed by atoms with Crippen molar-refractivity contribution in [3.05, 3.63) is 23.8 Å². The molecule has 0 aromatic heterocycles. The largest absolute Gasteiger partial charge is 0.493 e. The SMILES string of the molecule is COc1cccc(C(=O)N2CCC(CCCN(C)C)CC2)c1OC. The molecular formula is C19H30N2O3. The van der Waals surface area contributed by atoms with Gasteiger partial charge in [0.2, 0.25) is 0 Å². The van der Waals surface area contributed by atoms with Crippen molar-refractivity contribution in [1.82, 2.24) is 9.80 Å². The molecule has 1 aromatic rings. The highest BCUT2D eigenvalue weighted by molar-refractivity contribution is 5.97. The molecule has 0 atom stereocenters. The first-order valence-corrected chi connectivity index (χ1v) is 8.71. The fraction of sp³-hybridized carbons (Fsp3) is 0.632. The maximum Gasteiger partial charge on any atom is 0.257 e. The summed E-state index contributed by atoms with van der Waals surface area (Å²) in [6.07, 6.45) is 4.66. The van der Waals surface area contributed by atoms with Gasteiger partial charge in [-0.2, -0.15) is 0 Å². The molecule has 0 bridgehead atoms. The second kappa shape index (κ2) is 8.92. The Bertz CT molecular complexity index is 537. The fourth-order valence-corrected chi connectivity index (χ4v) is 3.35. The Kier molecular flexibility index (Phi) is 6.91. The van der Waals surface area contributed by atoms with Gasteiger partial charge in [0.1, 0.15) is 0 Å². The van der Waals surface area contributed by atoms with Crippen molar-refractivity contribution < 1.29 is 14.3 Å². The highest BCUT2D eigenvalue weighted by Gasteiger charge is 2.26. The highest BCUT2D eigenvalue weighted by atomic mass is 16.5. The smallest absolute Gasteiger partial charge is 0.257 e. The van der Waals surface area contributed by atoms with Crippen molar-refractivity contribution in [1.29, 1.82) is 0 Å². The van der Waals surface area contributed by atoms with Gasteiger partial charge >= 0.3 is 0 Å². The fourth-order valence-electron chi connectivity index (χ4n) is 3.35. The van der Waals surface area contributed by atoms with Crippen LogP contribution in [0, 0.1) is 5.92 Å². The van der Waals surface area contributed by atoms with Gasteiger partial charge in [-0.05, 0) is 64.4 Å². The standard InChI is InChI=1S/C19H30N2O3/c1-20(2)12-6-7-15-10-13-21(14-11-15)19(22)16-8-5-9-17(23-3)18(16)24-4/h5,8-9,15H,6-7,10-14H2,1-4H3. The Labute approximate surface area is 145 Å². The number of piperidine rings is 1. The summed E-state index contributed by atoms with van der Waals surface area (Å²) >= 11 is 0. The quantitative estimate of drug-likeness (QED) is 0.769. The molecule has 0 spiro atoms. The van der Waals surface area contributed by atoms with Crippen LogP contribution in [0.1, 0.15) is 36.0 Å². The lowest BCUT2D eigenvalue weighted by Crippen LogP contribution is -2.38. The summed E-state index contributed by atoms with van der Waals surface area (Å²) in [5.74, 6) is 1.90. The van der Waals surface area contributed by atoms with Gasteiger partial charge in [-0.25, -0.2) is 0 Å². The first-order valence-electron chi connectivity index (χ1n) is 8.71. The predicted octanol–water partition coefficient (Wildman–Crippen LogP) is 2.90. The molecule has 24 heavy (non-hydrogen) atoms. The minimum Gasteiger partial charge on any atom is -0.493 e. The number of hydrogen-bond acceptors (Lipinski definition) is 4. The Morgan fingerprint density at radius 2 is 1.92 bits per heavy atom. The van der Waals surface area contributed by atoms with Crippen molar-refractivity contribution in [2.45, 2.75) is 25.7 Å². The first kappa shape index (κ1) is 18.6. The number of para-hydroxylation sites is 1. The Balaban J connectivity index is 1.93. The molecule has 0 unspecified atom stereocenters. The minimum atomic E-state index is 0.0393. The number of benzene rings is 1. The van der Waals surface area contributed by atoms with E-state index in [0.29, 0.717) is 17.1 Å². The van der Waals surface area contributed by atoms with Crippen LogP contribution in [0.2, 0.25) is 0 Å². The van der Waals surface area contributed by atoms with Gasteiger partial charge in [-0.3, -0.25) is 4.79 Å². The van der Waals surface area contributed by atoms with Crippen molar-refractivity contribution >= 4 is 5.91 Å². The zero-order valence-electron chi connectivity index (χ0n) is 15.4. The van der Waals surface area contributed by atoms with E-state index in [0.717, 1.165) is 38.4 Å². The van der Waals surface area contributed by atoms with Crippen LogP contribution in [0.4, 0.5) is 0 Å². The van der Waals surface area contributed by atoms with Crippen LogP contribution in [0.5, 0.6) is 11.5 Å². The predicted molar refractivity (Wildman–Crippen MR) is 96.0 cm³/mol. The third-order valence-electron chi connectivity index (χ3n) is 4.75. The summed E-state index contributed by atoms with van der Waals surface area (Å²) in [5, 5.41) is 0. The number of amides is 1. The molecule has 0 aliphatic carbocycles. The number of ether oxygens (including phenoxy) is 2. The molecule has 1 aliphatic rings. The van der Waals surface area contributed by atoms with Crippen molar-refractivity contribution in [3.8, 4) is 11.5 Å². The van der Waals surface area contributed by atoms with Gasteiger partial charge in [-0.15, -0.1) is 0 Å². The summed E-state index contributed by atoms with van der Waals surface area (Å²) in [6.45, 7) is 2.79. The molecule has 0 N–H and O–H groups in total. The molecule has 1 aromatic carbocycles. The molecule has 1 aliphatic heterocycles. The monoisotopic (exact) mass is 334 g/mol. The summed E-state index contributed by atoms with van der Waals surface area (Å²) in [7, 11) is 7.39. The van der Waals surface area contributed by atoms with Gasteiger partial charge in [0.15, 0.2) is 11.5 Å². The molecule has 1 saturated heterocycles. The van der Waals surface area contributed by atoms with Gasteiger partial charge in [0.05, 0.1) is 19.8 Å². The zero-order chi connectivity index (χ0) is 17.5. The number of carbonyl (C=O) groups is 1. The van der Waals surface area contributed by atoms with Crippen LogP contribution in [0.3, 0.4) is 0 Å². The van der Waals surface area contributed by atoms with Crippen LogP contribution in [-0.2, 0) is 0 Å². The van der Waals surface area contributed by atoms with Gasteiger partial charge in [-0.1, -0.05) is 6.07 Å². The number of hydrogen-bond donors (Lipinski definition) is 0. The third kappa shape index (κ3) is 4.63. The van der Waals surface area contributed by atoms with Crippen molar-refractivity contribution in [2.24, 2.45) is 5.92 Å². The second-order valence-electron chi connectivity index (χ2n) is 6.72. The molecule has 1 fully saturated rings. The topological polar surface area (TPSA) is 42.0 Å². The van der Waals surface area contributed by atoms with E-state index in [1.54, 1.807) is 14.2 Å². The lowest BCUT2D eigenvalue weighted by molar-refractivity contribution is 0.0681. The number of methoxy groups -OCH3 is 2. The summed E-state index contributed by atoms with van der Waals surface area (Å²) in [4.78, 5) is 17.0. The summed E-state index contributed by atoms with van der Waals surface area (Å²) in [5.41, 5.74) is 0.586. The van der Waals surface area contributed by atoms with Crippen LogP contribution in [-0.4, -0.2) is 63.7 Å². The number of rotatable bonds is 7. The van der Waals surface area contributed by atoms with E-state index in [-0.39, 0.29) is 5.91 Å². The van der Waals surface area contributed by atoms with E-state index in [1.165, 1.54) is 12.8 Å². The average molecular weight is 334 g/mol. The molecule has 1 heterocycles. The third-order valence-corrected chi connectivity index (χ3v) is 4.75. The van der Waals surface area contributed by atoms with E-state index >= 15 is 0 Å². The Morgan fingerprint density at radius 3 is 2.50 bits per heavy atom.